The first-order valence-electron chi connectivity index (χ1n) is 10.6. The summed E-state index contributed by atoms with van der Waals surface area (Å²) in [6, 6.07) is 28.7. The number of ether oxygens (including phenoxy) is 1. The summed E-state index contributed by atoms with van der Waals surface area (Å²) in [5.41, 5.74) is 2.43. The lowest BCUT2D eigenvalue weighted by Crippen LogP contribution is -2.23. The van der Waals surface area contributed by atoms with E-state index in [1.54, 1.807) is 12.1 Å². The molecule has 0 aliphatic heterocycles. The van der Waals surface area contributed by atoms with Crippen molar-refractivity contribution in [2.45, 2.75) is 13.2 Å². The second-order valence-corrected chi connectivity index (χ2v) is 8.39. The number of nitriles is 1. The molecule has 4 nitrogen and oxygen atoms in total. The molecule has 0 bridgehead atoms. The van der Waals surface area contributed by atoms with Crippen LogP contribution in [0.1, 0.15) is 16.7 Å². The Kier molecular flexibility index (Phi) is 7.49. The smallest absolute Gasteiger partial charge is 0.262 e. The molecule has 0 unspecified atom stereocenters. The van der Waals surface area contributed by atoms with Crippen molar-refractivity contribution in [3.05, 3.63) is 117 Å². The van der Waals surface area contributed by atoms with Crippen molar-refractivity contribution in [3.8, 4) is 11.8 Å². The summed E-state index contributed by atoms with van der Waals surface area (Å²) in [6.07, 6.45) is 1.45. The molecule has 0 heterocycles. The Hall–Kier alpha value is -3.78. The second-order valence-electron chi connectivity index (χ2n) is 7.58. The fourth-order valence-corrected chi connectivity index (χ4v) is 4.17. The molecule has 0 saturated carbocycles. The van der Waals surface area contributed by atoms with E-state index in [0.29, 0.717) is 34.5 Å². The first-order valence-corrected chi connectivity index (χ1v) is 11.3. The van der Waals surface area contributed by atoms with Crippen LogP contribution in [0.3, 0.4) is 0 Å². The lowest BCUT2D eigenvalue weighted by atomic mass is 10.1. The first-order chi connectivity index (χ1) is 16.5. The van der Waals surface area contributed by atoms with E-state index in [2.05, 4.69) is 5.32 Å². The van der Waals surface area contributed by atoms with E-state index in [9.17, 15) is 10.1 Å². The molecular formula is C28H20Cl2N2O2. The number of amides is 1. The van der Waals surface area contributed by atoms with Crippen molar-refractivity contribution in [1.29, 1.82) is 5.26 Å². The van der Waals surface area contributed by atoms with Gasteiger partial charge >= 0.3 is 0 Å². The minimum absolute atomic E-state index is 0.0486. The summed E-state index contributed by atoms with van der Waals surface area (Å²) in [6.45, 7) is 0.614. The standard InChI is InChI=1S/C28H20Cl2N2O2/c29-25-14-20(13-23(16-31)28(33)32-17-19-7-2-1-3-8-19)15-26(30)27(25)34-18-22-11-6-10-21-9-4-5-12-24(21)22/h1-15H,17-18H2,(H,32,33)/b23-13-. The van der Waals surface area contributed by atoms with Crippen LogP contribution in [-0.2, 0) is 17.9 Å². The van der Waals surface area contributed by atoms with Crippen molar-refractivity contribution in [1.82, 2.24) is 5.32 Å². The highest BCUT2D eigenvalue weighted by Gasteiger charge is 2.13. The Morgan fingerprint density at radius 2 is 1.62 bits per heavy atom. The number of carbonyl (C=O) groups is 1. The van der Waals surface area contributed by atoms with Gasteiger partial charge in [0.25, 0.3) is 5.91 Å². The molecule has 0 radical (unpaired) electrons. The summed E-state index contributed by atoms with van der Waals surface area (Å²) >= 11 is 12.9. The van der Waals surface area contributed by atoms with E-state index >= 15 is 0 Å². The minimum Gasteiger partial charge on any atom is -0.486 e. The van der Waals surface area contributed by atoms with Crippen LogP contribution in [0.25, 0.3) is 16.8 Å². The molecule has 1 N–H and O–H groups in total. The molecule has 4 rings (SSSR count). The van der Waals surface area contributed by atoms with Gasteiger partial charge in [0.15, 0.2) is 5.75 Å². The van der Waals surface area contributed by atoms with Crippen molar-refractivity contribution in [2.75, 3.05) is 0 Å². The van der Waals surface area contributed by atoms with Gasteiger partial charge in [0, 0.05) is 6.54 Å². The third-order valence-electron chi connectivity index (χ3n) is 5.24. The molecule has 1 amide bonds. The Bertz CT molecular complexity index is 1380. The van der Waals surface area contributed by atoms with Crippen molar-refractivity contribution >= 4 is 46.0 Å². The van der Waals surface area contributed by atoms with Crippen molar-refractivity contribution in [2.24, 2.45) is 0 Å². The molecule has 4 aromatic carbocycles. The third kappa shape index (κ3) is 5.58. The van der Waals surface area contributed by atoms with Crippen LogP contribution in [0.15, 0.2) is 90.5 Å². The third-order valence-corrected chi connectivity index (χ3v) is 5.81. The molecule has 168 valence electrons. The predicted molar refractivity (Wildman–Crippen MR) is 137 cm³/mol. The average molecular weight is 487 g/mol. The van der Waals surface area contributed by atoms with Crippen molar-refractivity contribution < 1.29 is 9.53 Å². The molecule has 0 atom stereocenters. The number of hydrogen-bond donors (Lipinski definition) is 1. The number of halogens is 2. The van der Waals surface area contributed by atoms with Gasteiger partial charge in [0.2, 0.25) is 0 Å². The summed E-state index contributed by atoms with van der Waals surface area (Å²) in [4.78, 5) is 12.5. The Morgan fingerprint density at radius 3 is 2.35 bits per heavy atom. The molecule has 34 heavy (non-hydrogen) atoms. The van der Waals surface area contributed by atoms with E-state index < -0.39 is 5.91 Å². The van der Waals surface area contributed by atoms with Gasteiger partial charge in [-0.3, -0.25) is 4.79 Å². The summed E-state index contributed by atoms with van der Waals surface area (Å²) < 4.78 is 5.95. The normalized spacial score (nSPS) is 11.1. The maximum absolute atomic E-state index is 12.5. The number of fused-ring (bicyclic) bond motifs is 1. The van der Waals surface area contributed by atoms with E-state index in [1.807, 2.05) is 78.9 Å². The topological polar surface area (TPSA) is 62.1 Å². The van der Waals surface area contributed by atoms with Crippen LogP contribution >= 0.6 is 23.2 Å². The van der Waals surface area contributed by atoms with Gasteiger partial charge in [-0.05, 0) is 45.7 Å². The zero-order chi connectivity index (χ0) is 23.9. The van der Waals surface area contributed by atoms with Gasteiger partial charge in [-0.2, -0.15) is 5.26 Å². The molecule has 6 heteroatoms. The predicted octanol–water partition coefficient (Wildman–Crippen LogP) is 6.95. The summed E-state index contributed by atoms with van der Waals surface area (Å²) in [5.74, 6) is -0.129. The molecule has 0 spiro atoms. The van der Waals surface area contributed by atoms with Crippen LogP contribution in [0.2, 0.25) is 10.0 Å². The maximum atomic E-state index is 12.5. The minimum atomic E-state index is -0.477. The summed E-state index contributed by atoms with van der Waals surface area (Å²) in [5, 5.41) is 15.0. The van der Waals surface area contributed by atoms with E-state index in [1.165, 1.54) is 6.08 Å². The molecule has 0 aromatic heterocycles. The lowest BCUT2D eigenvalue weighted by Gasteiger charge is -2.13. The van der Waals surface area contributed by atoms with Crippen LogP contribution in [-0.4, -0.2) is 5.91 Å². The number of carbonyl (C=O) groups excluding carboxylic acids is 1. The SMILES string of the molecule is N#C/C(=C/c1cc(Cl)c(OCc2cccc3ccccc23)c(Cl)c1)C(=O)NCc1ccccc1. The highest BCUT2D eigenvalue weighted by molar-refractivity contribution is 6.37. The molecular weight excluding hydrogens is 467 g/mol. The van der Waals surface area contributed by atoms with E-state index in [0.717, 1.165) is 21.9 Å². The molecule has 0 fully saturated rings. The number of hydrogen-bond acceptors (Lipinski definition) is 3. The fraction of sp³-hybridized carbons (Fsp3) is 0.0714. The van der Waals surface area contributed by atoms with Gasteiger partial charge in [-0.1, -0.05) is 96.0 Å². The number of nitrogens with one attached hydrogen (secondary N) is 1. The molecule has 0 saturated heterocycles. The largest absolute Gasteiger partial charge is 0.486 e. The first kappa shape index (κ1) is 23.4. The van der Waals surface area contributed by atoms with Crippen LogP contribution < -0.4 is 10.1 Å². The van der Waals surface area contributed by atoms with Crippen LogP contribution in [0, 0.1) is 11.3 Å². The van der Waals surface area contributed by atoms with Crippen molar-refractivity contribution in [3.63, 3.8) is 0 Å². The van der Waals surface area contributed by atoms with E-state index in [-0.39, 0.29) is 5.57 Å². The summed E-state index contributed by atoms with van der Waals surface area (Å²) in [7, 11) is 0. The fourth-order valence-electron chi connectivity index (χ4n) is 3.56. The zero-order valence-electron chi connectivity index (χ0n) is 18.1. The molecule has 4 aromatic rings. The van der Waals surface area contributed by atoms with Gasteiger partial charge in [-0.25, -0.2) is 0 Å². The van der Waals surface area contributed by atoms with Crippen LogP contribution in [0.5, 0.6) is 5.75 Å². The molecule has 0 aliphatic rings. The Morgan fingerprint density at radius 1 is 0.941 bits per heavy atom. The Balaban J connectivity index is 1.49. The van der Waals surface area contributed by atoms with Gasteiger partial charge in [0.1, 0.15) is 18.2 Å². The average Bonchev–Trinajstić information content (AvgIpc) is 2.86. The number of nitrogens with zero attached hydrogens (tertiary/aromatic N) is 1. The quantitative estimate of drug-likeness (QED) is 0.227. The number of rotatable bonds is 7. The van der Waals surface area contributed by atoms with Gasteiger partial charge in [0.05, 0.1) is 10.0 Å². The number of benzene rings is 4. The highest BCUT2D eigenvalue weighted by atomic mass is 35.5. The van der Waals surface area contributed by atoms with Gasteiger partial charge in [-0.15, -0.1) is 0 Å². The van der Waals surface area contributed by atoms with Crippen LogP contribution in [0.4, 0.5) is 0 Å². The zero-order valence-corrected chi connectivity index (χ0v) is 19.6. The Labute approximate surface area is 208 Å². The second kappa shape index (κ2) is 10.9. The van der Waals surface area contributed by atoms with Gasteiger partial charge < -0.3 is 10.1 Å². The monoisotopic (exact) mass is 486 g/mol. The lowest BCUT2D eigenvalue weighted by molar-refractivity contribution is -0.117. The maximum Gasteiger partial charge on any atom is 0.262 e. The molecule has 0 aliphatic carbocycles. The van der Waals surface area contributed by atoms with E-state index in [4.69, 9.17) is 27.9 Å². The highest BCUT2D eigenvalue weighted by Crippen LogP contribution is 2.36.